The fourth-order valence-electron chi connectivity index (χ4n) is 2.18. The number of nitrogens with one attached hydrogen (secondary N) is 2. The van der Waals surface area contributed by atoms with Crippen LogP contribution in [0.5, 0.6) is 0 Å². The van der Waals surface area contributed by atoms with E-state index in [2.05, 4.69) is 36.8 Å². The molecule has 3 aromatic rings. The van der Waals surface area contributed by atoms with Crippen molar-refractivity contribution in [3.63, 3.8) is 0 Å². The van der Waals surface area contributed by atoms with Crippen LogP contribution in [0, 0.1) is 15.9 Å². The summed E-state index contributed by atoms with van der Waals surface area (Å²) in [7, 11) is 0. The van der Waals surface area contributed by atoms with Crippen molar-refractivity contribution < 1.29 is 14.1 Å². The third-order valence-electron chi connectivity index (χ3n) is 3.54. The van der Waals surface area contributed by atoms with E-state index in [4.69, 9.17) is 0 Å². The first kappa shape index (κ1) is 21.1. The van der Waals surface area contributed by atoms with Gasteiger partial charge in [0.15, 0.2) is 4.34 Å². The number of nitro benzene ring substituents is 1. The van der Waals surface area contributed by atoms with Crippen molar-refractivity contribution in [1.82, 2.24) is 10.2 Å². The Balaban J connectivity index is 1.61. The molecule has 1 heterocycles. The van der Waals surface area contributed by atoms with Crippen molar-refractivity contribution in [2.75, 3.05) is 10.6 Å². The number of thioether (sulfide) groups is 1. The predicted octanol–water partition coefficient (Wildman–Crippen LogP) is 5.21. The number of benzene rings is 2. The summed E-state index contributed by atoms with van der Waals surface area (Å²) in [6, 6.07) is 10.8. The maximum atomic E-state index is 13.4. The van der Waals surface area contributed by atoms with E-state index in [9.17, 15) is 19.3 Å². The fourth-order valence-corrected chi connectivity index (χ4v) is 4.49. The van der Waals surface area contributed by atoms with Gasteiger partial charge in [-0.15, -0.1) is 10.2 Å². The van der Waals surface area contributed by atoms with Crippen molar-refractivity contribution in [3.05, 3.63) is 62.9 Å². The van der Waals surface area contributed by atoms with Gasteiger partial charge in [0.1, 0.15) is 0 Å². The van der Waals surface area contributed by atoms with Gasteiger partial charge in [-0.1, -0.05) is 45.1 Å². The number of rotatable bonds is 7. The highest BCUT2D eigenvalue weighted by Gasteiger charge is 2.20. The van der Waals surface area contributed by atoms with Gasteiger partial charge in [-0.05, 0) is 37.3 Å². The SMILES string of the molecule is CC(Sc1nnc(Nc2cccc(Br)c2)s1)C(=O)Nc1ccc(F)c([N+](=O)[O-])c1. The molecule has 150 valence electrons. The molecule has 2 N–H and O–H groups in total. The molecule has 1 unspecified atom stereocenters. The van der Waals surface area contributed by atoms with Gasteiger partial charge >= 0.3 is 5.69 Å². The molecule has 0 spiro atoms. The van der Waals surface area contributed by atoms with E-state index in [1.165, 1.54) is 29.2 Å². The number of amides is 1. The lowest BCUT2D eigenvalue weighted by Gasteiger charge is -2.10. The summed E-state index contributed by atoms with van der Waals surface area (Å²) in [6.45, 7) is 1.67. The molecule has 12 heteroatoms. The van der Waals surface area contributed by atoms with E-state index in [1.807, 2.05) is 24.3 Å². The number of anilines is 3. The lowest BCUT2D eigenvalue weighted by molar-refractivity contribution is -0.387. The second-order valence-electron chi connectivity index (χ2n) is 5.68. The molecule has 2 aromatic carbocycles. The molecule has 1 amide bonds. The van der Waals surface area contributed by atoms with Crippen LogP contribution in [0.4, 0.5) is 26.6 Å². The van der Waals surface area contributed by atoms with Crippen LogP contribution in [0.25, 0.3) is 0 Å². The first-order valence-corrected chi connectivity index (χ1v) is 10.6. The molecule has 0 aliphatic heterocycles. The summed E-state index contributed by atoms with van der Waals surface area (Å²) >= 11 is 5.88. The third kappa shape index (κ3) is 5.71. The van der Waals surface area contributed by atoms with Gasteiger partial charge in [-0.3, -0.25) is 14.9 Å². The minimum absolute atomic E-state index is 0.143. The monoisotopic (exact) mass is 497 g/mol. The first-order valence-electron chi connectivity index (χ1n) is 8.09. The van der Waals surface area contributed by atoms with Crippen molar-refractivity contribution in [1.29, 1.82) is 0 Å². The molecule has 0 radical (unpaired) electrons. The molecule has 0 saturated heterocycles. The molecule has 0 aliphatic carbocycles. The van der Waals surface area contributed by atoms with Crippen LogP contribution in [0.15, 0.2) is 51.3 Å². The molecule has 0 saturated carbocycles. The fraction of sp³-hybridized carbons (Fsp3) is 0.118. The molecular formula is C17H13BrFN5O3S2. The molecular weight excluding hydrogens is 485 g/mol. The standard InChI is InChI=1S/C17H13BrFN5O3S2/c1-9(15(25)20-12-5-6-13(19)14(8-12)24(26)27)28-17-23-22-16(29-17)21-11-4-2-3-10(18)7-11/h2-9H,1H3,(H,20,25)(H,21,22). The van der Waals surface area contributed by atoms with Crippen LogP contribution in [0.1, 0.15) is 6.92 Å². The Morgan fingerprint density at radius 1 is 1.28 bits per heavy atom. The van der Waals surface area contributed by atoms with Gasteiger partial charge in [0.2, 0.25) is 16.9 Å². The summed E-state index contributed by atoms with van der Waals surface area (Å²) in [5, 5.41) is 24.6. The lowest BCUT2D eigenvalue weighted by atomic mass is 10.2. The highest BCUT2D eigenvalue weighted by atomic mass is 79.9. The number of carbonyl (C=O) groups is 1. The van der Waals surface area contributed by atoms with E-state index in [1.54, 1.807) is 6.92 Å². The van der Waals surface area contributed by atoms with Crippen molar-refractivity contribution in [2.24, 2.45) is 0 Å². The Morgan fingerprint density at radius 2 is 2.07 bits per heavy atom. The largest absolute Gasteiger partial charge is 0.330 e. The molecule has 0 aliphatic rings. The lowest BCUT2D eigenvalue weighted by Crippen LogP contribution is -2.22. The number of hydrogen-bond donors (Lipinski definition) is 2. The van der Waals surface area contributed by atoms with Crippen LogP contribution >= 0.6 is 39.0 Å². The smallest absolute Gasteiger partial charge is 0.306 e. The highest BCUT2D eigenvalue weighted by Crippen LogP contribution is 2.31. The Labute approximate surface area is 181 Å². The molecule has 0 fully saturated rings. The molecule has 8 nitrogen and oxygen atoms in total. The number of nitro groups is 1. The third-order valence-corrected chi connectivity index (χ3v) is 6.06. The maximum Gasteiger partial charge on any atom is 0.306 e. The summed E-state index contributed by atoms with van der Waals surface area (Å²) < 4.78 is 14.9. The summed E-state index contributed by atoms with van der Waals surface area (Å²) in [4.78, 5) is 22.3. The van der Waals surface area contributed by atoms with Gasteiger partial charge in [0.05, 0.1) is 10.2 Å². The number of halogens is 2. The zero-order valence-electron chi connectivity index (χ0n) is 14.8. The average molecular weight is 498 g/mol. The van der Waals surface area contributed by atoms with Crippen LogP contribution in [0.3, 0.4) is 0 Å². The topological polar surface area (TPSA) is 110 Å². The van der Waals surface area contributed by atoms with Crippen LogP contribution in [-0.2, 0) is 4.79 Å². The van der Waals surface area contributed by atoms with Gasteiger partial charge in [0, 0.05) is 21.9 Å². The van der Waals surface area contributed by atoms with Crippen molar-refractivity contribution >= 4 is 67.1 Å². The van der Waals surface area contributed by atoms with E-state index < -0.39 is 27.6 Å². The highest BCUT2D eigenvalue weighted by molar-refractivity contribution is 9.10. The zero-order chi connectivity index (χ0) is 21.0. The summed E-state index contributed by atoms with van der Waals surface area (Å²) in [5.74, 6) is -1.36. The maximum absolute atomic E-state index is 13.4. The Morgan fingerprint density at radius 3 is 2.79 bits per heavy atom. The van der Waals surface area contributed by atoms with Gasteiger partial charge < -0.3 is 10.6 Å². The predicted molar refractivity (Wildman–Crippen MR) is 114 cm³/mol. The second-order valence-corrected chi connectivity index (χ2v) is 9.16. The number of hydrogen-bond acceptors (Lipinski definition) is 8. The van der Waals surface area contributed by atoms with Crippen LogP contribution in [-0.4, -0.2) is 26.3 Å². The molecule has 0 bridgehead atoms. The van der Waals surface area contributed by atoms with Gasteiger partial charge in [-0.25, -0.2) is 0 Å². The van der Waals surface area contributed by atoms with Gasteiger partial charge in [0.25, 0.3) is 0 Å². The average Bonchev–Trinajstić information content (AvgIpc) is 3.09. The molecule has 1 atom stereocenters. The summed E-state index contributed by atoms with van der Waals surface area (Å²) in [6.07, 6.45) is 0. The zero-order valence-corrected chi connectivity index (χ0v) is 18.0. The van der Waals surface area contributed by atoms with E-state index in [0.29, 0.717) is 9.47 Å². The van der Waals surface area contributed by atoms with Crippen LogP contribution in [0.2, 0.25) is 0 Å². The molecule has 29 heavy (non-hydrogen) atoms. The number of aromatic nitrogens is 2. The summed E-state index contributed by atoms with van der Waals surface area (Å²) in [5.41, 5.74) is 0.288. The normalized spacial score (nSPS) is 11.7. The van der Waals surface area contributed by atoms with E-state index >= 15 is 0 Å². The Kier molecular flexibility index (Phi) is 6.77. The van der Waals surface area contributed by atoms with Crippen LogP contribution < -0.4 is 10.6 Å². The molecule has 3 rings (SSSR count). The molecule has 1 aromatic heterocycles. The Hall–Kier alpha value is -2.57. The minimum atomic E-state index is -0.963. The number of carbonyl (C=O) groups excluding carboxylic acids is 1. The van der Waals surface area contributed by atoms with E-state index in [-0.39, 0.29) is 5.69 Å². The quantitative estimate of drug-likeness (QED) is 0.261. The second kappa shape index (κ2) is 9.29. The number of nitrogens with zero attached hydrogens (tertiary/aromatic N) is 3. The van der Waals surface area contributed by atoms with Crippen molar-refractivity contribution in [2.45, 2.75) is 16.5 Å². The van der Waals surface area contributed by atoms with Gasteiger partial charge in [-0.2, -0.15) is 4.39 Å². The Bertz CT molecular complexity index is 1070. The first-order chi connectivity index (χ1) is 13.8. The van der Waals surface area contributed by atoms with E-state index in [0.717, 1.165) is 22.3 Å². The minimum Gasteiger partial charge on any atom is -0.330 e. The van der Waals surface area contributed by atoms with Crippen molar-refractivity contribution in [3.8, 4) is 0 Å².